The van der Waals surface area contributed by atoms with Crippen molar-refractivity contribution >= 4 is 23.3 Å². The summed E-state index contributed by atoms with van der Waals surface area (Å²) < 4.78 is 4.66. The topological polar surface area (TPSA) is 74.8 Å². The van der Waals surface area contributed by atoms with Gasteiger partial charge < -0.3 is 4.74 Å². The number of halogens is 1. The quantitative estimate of drug-likeness (QED) is 0.357. The molecule has 0 bridgehead atoms. The number of alkyl halides is 1. The Bertz CT molecular complexity index is 468. The van der Waals surface area contributed by atoms with E-state index in [0.29, 0.717) is 11.3 Å². The first kappa shape index (κ1) is 13.1. The summed E-state index contributed by atoms with van der Waals surface area (Å²) >= 11 is 5.63. The van der Waals surface area contributed by atoms with Crippen LogP contribution >= 0.6 is 11.6 Å². The summed E-state index contributed by atoms with van der Waals surface area (Å²) in [5.41, 5.74) is -0.247. The molecule has 0 aliphatic carbocycles. The summed E-state index contributed by atoms with van der Waals surface area (Å²) in [7, 11) is 0. The molecule has 0 amide bonds. The van der Waals surface area contributed by atoms with Crippen molar-refractivity contribution in [2.45, 2.75) is 12.4 Å². The number of nitriles is 1. The van der Waals surface area contributed by atoms with Crippen LogP contribution in [0.1, 0.15) is 12.5 Å². The molecule has 0 aromatic heterocycles. The van der Waals surface area contributed by atoms with Gasteiger partial charge in [0.05, 0.1) is 23.9 Å². The smallest absolute Gasteiger partial charge is 0.348 e. The van der Waals surface area contributed by atoms with Crippen LogP contribution in [0.3, 0.4) is 0 Å². The van der Waals surface area contributed by atoms with Crippen molar-refractivity contribution in [3.63, 3.8) is 0 Å². The molecule has 0 N–H and O–H groups in total. The zero-order valence-corrected chi connectivity index (χ0v) is 9.89. The van der Waals surface area contributed by atoms with Gasteiger partial charge in [0.25, 0.3) is 0 Å². The Kier molecular flexibility index (Phi) is 5.11. The van der Waals surface area contributed by atoms with Crippen molar-refractivity contribution in [3.05, 3.63) is 29.8 Å². The normalized spacial score (nSPS) is 12.1. The van der Waals surface area contributed by atoms with Crippen molar-refractivity contribution in [1.82, 2.24) is 0 Å². The molecular formula is C11H10ClN3O2. The largest absolute Gasteiger partial charge is 0.463 e. The summed E-state index contributed by atoms with van der Waals surface area (Å²) in [6.45, 7) is 1.91. The molecule has 5 nitrogen and oxygen atoms in total. The van der Waals surface area contributed by atoms with E-state index in [0.717, 1.165) is 0 Å². The predicted molar refractivity (Wildman–Crippen MR) is 61.9 cm³/mol. The van der Waals surface area contributed by atoms with Crippen LogP contribution in [0, 0.1) is 11.3 Å². The molecule has 1 rings (SSSR count). The van der Waals surface area contributed by atoms with Gasteiger partial charge in [-0.15, -0.1) is 0 Å². The standard InChI is InChI=1S/C11H10ClN3O2/c1-2-17-11(16)10(12)15-14-9-5-3-4-8(6-9)7-13/h3-6,10H,2H2,1H3. The Balaban J connectivity index is 2.70. The summed E-state index contributed by atoms with van der Waals surface area (Å²) in [5.74, 6) is -0.644. The molecule has 1 unspecified atom stereocenters. The maximum Gasteiger partial charge on any atom is 0.348 e. The second-order valence-electron chi connectivity index (χ2n) is 2.97. The minimum atomic E-state index is -1.17. The van der Waals surface area contributed by atoms with Gasteiger partial charge in [0, 0.05) is 0 Å². The molecule has 0 heterocycles. The van der Waals surface area contributed by atoms with E-state index in [1.807, 2.05) is 6.07 Å². The van der Waals surface area contributed by atoms with Crippen LogP contribution in [0.2, 0.25) is 0 Å². The van der Waals surface area contributed by atoms with Crippen LogP contribution in [-0.2, 0) is 9.53 Å². The zero-order valence-electron chi connectivity index (χ0n) is 9.13. The highest BCUT2D eigenvalue weighted by Gasteiger charge is 2.14. The fourth-order valence-corrected chi connectivity index (χ4v) is 1.12. The molecule has 6 heteroatoms. The van der Waals surface area contributed by atoms with E-state index in [9.17, 15) is 4.79 Å². The summed E-state index contributed by atoms with van der Waals surface area (Å²) in [6, 6.07) is 8.47. The van der Waals surface area contributed by atoms with Gasteiger partial charge >= 0.3 is 5.97 Å². The third kappa shape index (κ3) is 4.21. The van der Waals surface area contributed by atoms with Crippen LogP contribution in [0.25, 0.3) is 0 Å². The Morgan fingerprint density at radius 3 is 3.06 bits per heavy atom. The maximum atomic E-state index is 11.1. The minimum absolute atomic E-state index is 0.238. The number of carbonyl (C=O) groups excluding carboxylic acids is 1. The lowest BCUT2D eigenvalue weighted by atomic mass is 10.2. The fraction of sp³-hybridized carbons (Fsp3) is 0.273. The van der Waals surface area contributed by atoms with Crippen molar-refractivity contribution in [3.8, 4) is 6.07 Å². The van der Waals surface area contributed by atoms with Gasteiger partial charge in [-0.05, 0) is 25.1 Å². The molecule has 17 heavy (non-hydrogen) atoms. The van der Waals surface area contributed by atoms with E-state index >= 15 is 0 Å². The Morgan fingerprint density at radius 2 is 2.41 bits per heavy atom. The first-order valence-corrected chi connectivity index (χ1v) is 5.32. The fourth-order valence-electron chi connectivity index (χ4n) is 1.01. The third-order valence-electron chi connectivity index (χ3n) is 1.73. The van der Waals surface area contributed by atoms with Crippen LogP contribution in [0.5, 0.6) is 0 Å². The van der Waals surface area contributed by atoms with Crippen molar-refractivity contribution in [2.75, 3.05) is 6.61 Å². The lowest BCUT2D eigenvalue weighted by molar-refractivity contribution is -0.142. The van der Waals surface area contributed by atoms with Crippen molar-refractivity contribution in [1.29, 1.82) is 5.26 Å². The average molecular weight is 252 g/mol. The highest BCUT2D eigenvalue weighted by Crippen LogP contribution is 2.15. The molecule has 0 saturated carbocycles. The van der Waals surface area contributed by atoms with Crippen LogP contribution in [-0.4, -0.2) is 18.1 Å². The second-order valence-corrected chi connectivity index (χ2v) is 3.38. The lowest BCUT2D eigenvalue weighted by Gasteiger charge is -2.02. The number of hydrogen-bond acceptors (Lipinski definition) is 5. The Morgan fingerprint density at radius 1 is 1.65 bits per heavy atom. The number of azo groups is 1. The third-order valence-corrected chi connectivity index (χ3v) is 2.00. The molecule has 1 atom stereocenters. The van der Waals surface area contributed by atoms with E-state index in [1.165, 1.54) is 6.07 Å². The Labute approximate surface area is 104 Å². The number of hydrogen-bond donors (Lipinski definition) is 0. The highest BCUT2D eigenvalue weighted by atomic mass is 35.5. The number of esters is 1. The van der Waals surface area contributed by atoms with E-state index < -0.39 is 11.5 Å². The molecule has 0 saturated heterocycles. The molecular weight excluding hydrogens is 242 g/mol. The minimum Gasteiger partial charge on any atom is -0.463 e. The van der Waals surface area contributed by atoms with E-state index in [4.69, 9.17) is 16.9 Å². The highest BCUT2D eigenvalue weighted by molar-refractivity contribution is 6.29. The lowest BCUT2D eigenvalue weighted by Crippen LogP contribution is -2.14. The number of nitrogens with zero attached hydrogens (tertiary/aromatic N) is 3. The van der Waals surface area contributed by atoms with Gasteiger partial charge in [-0.3, -0.25) is 0 Å². The monoisotopic (exact) mass is 251 g/mol. The maximum absolute atomic E-state index is 11.1. The molecule has 0 aliphatic rings. The number of carbonyl (C=O) groups is 1. The second kappa shape index (κ2) is 6.61. The first-order valence-electron chi connectivity index (χ1n) is 4.89. The van der Waals surface area contributed by atoms with Gasteiger partial charge in [-0.2, -0.15) is 15.5 Å². The van der Waals surface area contributed by atoms with E-state index in [1.54, 1.807) is 25.1 Å². The first-order chi connectivity index (χ1) is 8.17. The molecule has 1 aromatic carbocycles. The summed E-state index contributed by atoms with van der Waals surface area (Å²) in [5, 5.41) is 16.0. The van der Waals surface area contributed by atoms with E-state index in [2.05, 4.69) is 15.0 Å². The van der Waals surface area contributed by atoms with Crippen LogP contribution in [0.15, 0.2) is 34.5 Å². The van der Waals surface area contributed by atoms with Crippen molar-refractivity contribution < 1.29 is 9.53 Å². The van der Waals surface area contributed by atoms with Crippen molar-refractivity contribution in [2.24, 2.45) is 10.2 Å². The number of ether oxygens (including phenoxy) is 1. The van der Waals surface area contributed by atoms with Gasteiger partial charge in [-0.25, -0.2) is 4.79 Å². The molecule has 1 aromatic rings. The summed E-state index contributed by atoms with van der Waals surface area (Å²) in [6.07, 6.45) is 0. The molecule has 0 radical (unpaired) electrons. The average Bonchev–Trinajstić information content (AvgIpc) is 2.36. The van der Waals surface area contributed by atoms with Gasteiger partial charge in [0.15, 0.2) is 0 Å². The van der Waals surface area contributed by atoms with E-state index in [-0.39, 0.29) is 6.61 Å². The Hall–Kier alpha value is -1.93. The number of rotatable bonds is 4. The predicted octanol–water partition coefficient (Wildman–Crippen LogP) is 2.77. The number of benzene rings is 1. The van der Waals surface area contributed by atoms with Gasteiger partial charge in [-0.1, -0.05) is 17.7 Å². The SMILES string of the molecule is CCOC(=O)C(Cl)N=Nc1cccc(C#N)c1. The van der Waals surface area contributed by atoms with Gasteiger partial charge in [0.1, 0.15) is 0 Å². The molecule has 0 spiro atoms. The van der Waals surface area contributed by atoms with Crippen LogP contribution in [0.4, 0.5) is 5.69 Å². The van der Waals surface area contributed by atoms with Gasteiger partial charge in [0.2, 0.25) is 5.50 Å². The molecule has 0 fully saturated rings. The molecule has 88 valence electrons. The van der Waals surface area contributed by atoms with Crippen LogP contribution < -0.4 is 0 Å². The summed E-state index contributed by atoms with van der Waals surface area (Å²) in [4.78, 5) is 11.1. The molecule has 0 aliphatic heterocycles. The zero-order chi connectivity index (χ0) is 12.7.